The Bertz CT molecular complexity index is 1040. The molecule has 6 heteroatoms. The Morgan fingerprint density at radius 3 is 2.65 bits per heavy atom. The zero-order chi connectivity index (χ0) is 18.3. The summed E-state index contributed by atoms with van der Waals surface area (Å²) in [5.74, 6) is -0.164. The van der Waals surface area contributed by atoms with Gasteiger partial charge in [-0.15, -0.1) is 0 Å². The Morgan fingerprint density at radius 1 is 1.15 bits per heavy atom. The highest BCUT2D eigenvalue weighted by Crippen LogP contribution is 2.38. The number of amides is 1. The van der Waals surface area contributed by atoms with Gasteiger partial charge in [0, 0.05) is 18.1 Å². The van der Waals surface area contributed by atoms with E-state index in [-0.39, 0.29) is 17.1 Å². The zero-order valence-electron chi connectivity index (χ0n) is 14.1. The average Bonchev–Trinajstić information content (AvgIpc) is 2.94. The molecule has 0 radical (unpaired) electrons. The van der Waals surface area contributed by atoms with Crippen LogP contribution in [0.25, 0.3) is 11.0 Å². The van der Waals surface area contributed by atoms with Crippen molar-refractivity contribution >= 4 is 32.8 Å². The lowest BCUT2D eigenvalue weighted by atomic mass is 9.98. The molecule has 3 aromatic rings. The van der Waals surface area contributed by atoms with Gasteiger partial charge < -0.3 is 14.1 Å². The predicted octanol–water partition coefficient (Wildman–Crippen LogP) is 3.75. The number of rotatable bonds is 4. The van der Waals surface area contributed by atoms with Gasteiger partial charge >= 0.3 is 0 Å². The van der Waals surface area contributed by atoms with E-state index >= 15 is 0 Å². The second kappa shape index (κ2) is 6.70. The molecular weight excluding hydrogens is 398 g/mol. The molecule has 5 nitrogen and oxygen atoms in total. The van der Waals surface area contributed by atoms with Crippen LogP contribution in [0.2, 0.25) is 0 Å². The van der Waals surface area contributed by atoms with E-state index in [9.17, 15) is 9.59 Å². The van der Waals surface area contributed by atoms with Crippen molar-refractivity contribution in [1.29, 1.82) is 0 Å². The maximum atomic E-state index is 13.2. The highest BCUT2D eigenvalue weighted by molar-refractivity contribution is 9.10. The van der Waals surface area contributed by atoms with Gasteiger partial charge in [0.2, 0.25) is 5.76 Å². The van der Waals surface area contributed by atoms with E-state index in [1.807, 2.05) is 30.3 Å². The predicted molar refractivity (Wildman–Crippen MR) is 101 cm³/mol. The first kappa shape index (κ1) is 17.0. The third kappa shape index (κ3) is 2.66. The van der Waals surface area contributed by atoms with Gasteiger partial charge in [-0.1, -0.05) is 46.3 Å². The summed E-state index contributed by atoms with van der Waals surface area (Å²) in [5.41, 5.74) is 1.50. The molecule has 1 atom stereocenters. The first-order valence-corrected chi connectivity index (χ1v) is 9.02. The molecule has 132 valence electrons. The number of nitrogens with zero attached hydrogens (tertiary/aromatic N) is 1. The molecule has 26 heavy (non-hydrogen) atoms. The minimum Gasteiger partial charge on any atom is -0.450 e. The van der Waals surface area contributed by atoms with Crippen LogP contribution < -0.4 is 5.43 Å². The van der Waals surface area contributed by atoms with E-state index in [1.54, 1.807) is 30.2 Å². The second-order valence-corrected chi connectivity index (χ2v) is 7.03. The molecular formula is C20H16BrNO4. The fourth-order valence-corrected chi connectivity index (χ4v) is 3.76. The van der Waals surface area contributed by atoms with Crippen molar-refractivity contribution in [2.75, 3.05) is 20.3 Å². The van der Waals surface area contributed by atoms with Crippen molar-refractivity contribution in [2.45, 2.75) is 6.04 Å². The Balaban J connectivity index is 1.98. The number of hydrogen-bond donors (Lipinski definition) is 0. The van der Waals surface area contributed by atoms with Crippen LogP contribution in [-0.2, 0) is 4.74 Å². The average molecular weight is 414 g/mol. The van der Waals surface area contributed by atoms with Crippen LogP contribution in [0.5, 0.6) is 0 Å². The molecule has 0 bridgehead atoms. The van der Waals surface area contributed by atoms with Crippen LogP contribution in [0.3, 0.4) is 0 Å². The minimum atomic E-state index is -0.478. The topological polar surface area (TPSA) is 59.8 Å². The lowest BCUT2D eigenvalue weighted by Crippen LogP contribution is -2.32. The lowest BCUT2D eigenvalue weighted by Gasteiger charge is -2.24. The number of ether oxygens (including phenoxy) is 1. The fourth-order valence-electron chi connectivity index (χ4n) is 3.39. The van der Waals surface area contributed by atoms with Gasteiger partial charge in [0.1, 0.15) is 5.58 Å². The van der Waals surface area contributed by atoms with E-state index in [0.717, 1.165) is 10.0 Å². The standard InChI is InChI=1S/C20H16BrNO4/c1-25-10-9-22-17(12-5-3-2-4-6-12)16-18(23)14-11-13(21)7-8-15(14)26-19(16)20(22)24/h2-8,11,17H,9-10H2,1H3. The summed E-state index contributed by atoms with van der Waals surface area (Å²) in [6.07, 6.45) is 0. The van der Waals surface area contributed by atoms with Gasteiger partial charge in [0.05, 0.1) is 23.6 Å². The first-order valence-electron chi connectivity index (χ1n) is 8.23. The van der Waals surface area contributed by atoms with Crippen molar-refractivity contribution < 1.29 is 13.9 Å². The molecule has 0 N–H and O–H groups in total. The van der Waals surface area contributed by atoms with Crippen molar-refractivity contribution in [1.82, 2.24) is 4.90 Å². The molecule has 0 fully saturated rings. The Hall–Kier alpha value is -2.44. The molecule has 1 aromatic heterocycles. The SMILES string of the molecule is COCCN1C(=O)c2oc3ccc(Br)cc3c(=O)c2C1c1ccccc1. The van der Waals surface area contributed by atoms with Gasteiger partial charge in [-0.05, 0) is 23.8 Å². The largest absolute Gasteiger partial charge is 0.450 e. The normalized spacial score (nSPS) is 16.3. The summed E-state index contributed by atoms with van der Waals surface area (Å²) >= 11 is 3.39. The van der Waals surface area contributed by atoms with Gasteiger partial charge in [-0.2, -0.15) is 0 Å². The van der Waals surface area contributed by atoms with Crippen LogP contribution in [0.4, 0.5) is 0 Å². The Kier molecular flexibility index (Phi) is 4.38. The second-order valence-electron chi connectivity index (χ2n) is 6.12. The maximum Gasteiger partial charge on any atom is 0.290 e. The zero-order valence-corrected chi connectivity index (χ0v) is 15.7. The van der Waals surface area contributed by atoms with Crippen LogP contribution >= 0.6 is 15.9 Å². The Labute approximate surface area is 158 Å². The van der Waals surface area contributed by atoms with Crippen molar-refractivity contribution in [2.24, 2.45) is 0 Å². The number of benzene rings is 2. The number of halogens is 1. The molecule has 2 heterocycles. The maximum absolute atomic E-state index is 13.2. The summed E-state index contributed by atoms with van der Waals surface area (Å²) in [6, 6.07) is 14.3. The molecule has 1 aliphatic rings. The molecule has 0 saturated carbocycles. The fraction of sp³-hybridized carbons (Fsp3) is 0.200. The minimum absolute atomic E-state index is 0.120. The summed E-state index contributed by atoms with van der Waals surface area (Å²) in [4.78, 5) is 27.8. The molecule has 1 amide bonds. The van der Waals surface area contributed by atoms with Crippen LogP contribution in [0, 0.1) is 0 Å². The molecule has 2 aromatic carbocycles. The molecule has 0 saturated heterocycles. The van der Waals surface area contributed by atoms with Gasteiger partial charge in [0.15, 0.2) is 5.43 Å². The highest BCUT2D eigenvalue weighted by atomic mass is 79.9. The third-order valence-corrected chi connectivity index (χ3v) is 5.07. The van der Waals surface area contributed by atoms with Gasteiger partial charge in [0.25, 0.3) is 5.91 Å². The molecule has 0 aliphatic carbocycles. The van der Waals surface area contributed by atoms with E-state index in [2.05, 4.69) is 15.9 Å². The van der Waals surface area contributed by atoms with Gasteiger partial charge in [-0.25, -0.2) is 0 Å². The molecule has 4 rings (SSSR count). The quantitative estimate of drug-likeness (QED) is 0.653. The summed E-state index contributed by atoms with van der Waals surface area (Å²) < 4.78 is 11.8. The molecule has 1 unspecified atom stereocenters. The smallest absolute Gasteiger partial charge is 0.290 e. The number of carbonyl (C=O) groups is 1. The van der Waals surface area contributed by atoms with E-state index in [4.69, 9.17) is 9.15 Å². The number of hydrogen-bond acceptors (Lipinski definition) is 4. The number of carbonyl (C=O) groups excluding carboxylic acids is 1. The lowest BCUT2D eigenvalue weighted by molar-refractivity contribution is 0.0663. The Morgan fingerprint density at radius 2 is 1.92 bits per heavy atom. The van der Waals surface area contributed by atoms with Crippen molar-refractivity contribution in [3.05, 3.63) is 80.1 Å². The van der Waals surface area contributed by atoms with E-state index in [0.29, 0.717) is 29.7 Å². The molecule has 0 spiro atoms. The van der Waals surface area contributed by atoms with Crippen molar-refractivity contribution in [3.63, 3.8) is 0 Å². The summed E-state index contributed by atoms with van der Waals surface area (Å²) in [7, 11) is 1.58. The highest BCUT2D eigenvalue weighted by Gasteiger charge is 2.42. The number of methoxy groups -OCH3 is 1. The summed E-state index contributed by atoms with van der Waals surface area (Å²) in [6.45, 7) is 0.751. The van der Waals surface area contributed by atoms with E-state index in [1.165, 1.54) is 0 Å². The van der Waals surface area contributed by atoms with Crippen LogP contribution in [-0.4, -0.2) is 31.1 Å². The van der Waals surface area contributed by atoms with Crippen molar-refractivity contribution in [3.8, 4) is 0 Å². The number of fused-ring (bicyclic) bond motifs is 2. The monoisotopic (exact) mass is 413 g/mol. The van der Waals surface area contributed by atoms with E-state index < -0.39 is 6.04 Å². The first-order chi connectivity index (χ1) is 12.6. The third-order valence-electron chi connectivity index (χ3n) is 4.58. The summed E-state index contributed by atoms with van der Waals surface area (Å²) in [5, 5.41) is 0.459. The van der Waals surface area contributed by atoms with Gasteiger partial charge in [-0.3, -0.25) is 9.59 Å². The molecule has 1 aliphatic heterocycles. The van der Waals surface area contributed by atoms with Crippen LogP contribution in [0.1, 0.15) is 27.7 Å². The van der Waals surface area contributed by atoms with Crippen LogP contribution in [0.15, 0.2) is 62.2 Å².